The Morgan fingerprint density at radius 2 is 2.24 bits per heavy atom. The van der Waals surface area contributed by atoms with Crippen molar-refractivity contribution in [3.63, 3.8) is 0 Å². The van der Waals surface area contributed by atoms with E-state index < -0.39 is 11.0 Å². The number of nitro benzene ring substituents is 1. The van der Waals surface area contributed by atoms with E-state index in [1.54, 1.807) is 6.92 Å². The van der Waals surface area contributed by atoms with Crippen molar-refractivity contribution in [3.8, 4) is 0 Å². The highest BCUT2D eigenvalue weighted by Gasteiger charge is 2.29. The van der Waals surface area contributed by atoms with Crippen LogP contribution in [0, 0.1) is 16.0 Å². The fourth-order valence-corrected chi connectivity index (χ4v) is 2.10. The number of nitrogens with zero attached hydrogens (tertiary/aromatic N) is 1. The average molecular weight is 293 g/mol. The van der Waals surface area contributed by atoms with Gasteiger partial charge < -0.3 is 15.7 Å². The minimum Gasteiger partial charge on any atom is -0.391 e. The van der Waals surface area contributed by atoms with Crippen LogP contribution >= 0.6 is 0 Å². The van der Waals surface area contributed by atoms with Crippen LogP contribution in [0.5, 0.6) is 0 Å². The summed E-state index contributed by atoms with van der Waals surface area (Å²) in [6.07, 6.45) is 1.46. The van der Waals surface area contributed by atoms with Gasteiger partial charge in [0, 0.05) is 24.7 Å². The van der Waals surface area contributed by atoms with E-state index in [1.807, 2.05) is 0 Å². The summed E-state index contributed by atoms with van der Waals surface area (Å²) in [5.41, 5.74) is 0.500. The summed E-state index contributed by atoms with van der Waals surface area (Å²) in [6, 6.07) is 4.17. The molecule has 0 aromatic heterocycles. The van der Waals surface area contributed by atoms with Crippen molar-refractivity contribution >= 4 is 17.3 Å². The lowest BCUT2D eigenvalue weighted by Crippen LogP contribution is -2.24. The van der Waals surface area contributed by atoms with Gasteiger partial charge in [-0.25, -0.2) is 0 Å². The number of aliphatic hydroxyl groups is 1. The summed E-state index contributed by atoms with van der Waals surface area (Å²) in [5, 5.41) is 26.4. The molecule has 0 saturated heterocycles. The topological polar surface area (TPSA) is 104 Å². The lowest BCUT2D eigenvalue weighted by molar-refractivity contribution is -0.384. The van der Waals surface area contributed by atoms with Gasteiger partial charge in [-0.05, 0) is 37.8 Å². The summed E-state index contributed by atoms with van der Waals surface area (Å²) in [6.45, 7) is 2.53. The number of rotatable bonds is 7. The maximum atomic E-state index is 11.8. The first kappa shape index (κ1) is 15.2. The molecule has 1 fully saturated rings. The van der Waals surface area contributed by atoms with Crippen LogP contribution < -0.4 is 10.6 Å². The van der Waals surface area contributed by atoms with E-state index in [4.69, 9.17) is 0 Å². The highest BCUT2D eigenvalue weighted by Crippen LogP contribution is 2.33. The summed E-state index contributed by atoms with van der Waals surface area (Å²) in [4.78, 5) is 22.3. The molecule has 1 atom stereocenters. The molecule has 1 amide bonds. The predicted molar refractivity (Wildman–Crippen MR) is 78.3 cm³/mol. The Bertz CT molecular complexity index is 543. The minimum atomic E-state index is -0.516. The smallest absolute Gasteiger partial charge is 0.292 e. The van der Waals surface area contributed by atoms with Gasteiger partial charge in [0.2, 0.25) is 0 Å². The number of hydrogen-bond donors (Lipinski definition) is 3. The number of anilines is 1. The van der Waals surface area contributed by atoms with E-state index in [0.29, 0.717) is 12.1 Å². The van der Waals surface area contributed by atoms with Crippen molar-refractivity contribution in [1.29, 1.82) is 0 Å². The third kappa shape index (κ3) is 3.91. The van der Waals surface area contributed by atoms with Crippen LogP contribution in [0.2, 0.25) is 0 Å². The second-order valence-corrected chi connectivity index (χ2v) is 5.13. The van der Waals surface area contributed by atoms with Gasteiger partial charge in [-0.15, -0.1) is 0 Å². The van der Waals surface area contributed by atoms with Crippen molar-refractivity contribution in [3.05, 3.63) is 33.9 Å². The van der Waals surface area contributed by atoms with Crippen molar-refractivity contribution in [1.82, 2.24) is 5.32 Å². The molecule has 1 saturated carbocycles. The maximum absolute atomic E-state index is 11.8. The van der Waals surface area contributed by atoms with Crippen LogP contribution in [0.1, 0.15) is 30.1 Å². The van der Waals surface area contributed by atoms with E-state index >= 15 is 0 Å². The van der Waals surface area contributed by atoms with Gasteiger partial charge in [-0.2, -0.15) is 0 Å². The number of aliphatic hydroxyl groups excluding tert-OH is 1. The Morgan fingerprint density at radius 3 is 2.81 bits per heavy atom. The molecular weight excluding hydrogens is 274 g/mol. The average Bonchev–Trinajstić information content (AvgIpc) is 3.29. The van der Waals surface area contributed by atoms with Gasteiger partial charge in [0.05, 0.1) is 11.0 Å². The molecule has 0 spiro atoms. The van der Waals surface area contributed by atoms with E-state index in [-0.39, 0.29) is 29.7 Å². The first-order chi connectivity index (χ1) is 10.0. The Hall–Kier alpha value is -2.15. The largest absolute Gasteiger partial charge is 0.391 e. The zero-order chi connectivity index (χ0) is 15.4. The van der Waals surface area contributed by atoms with Gasteiger partial charge in [0.25, 0.3) is 11.6 Å². The Labute approximate surface area is 122 Å². The molecule has 1 unspecified atom stereocenters. The number of benzene rings is 1. The first-order valence-corrected chi connectivity index (χ1v) is 7.01. The number of nitrogens with one attached hydrogen (secondary N) is 2. The molecule has 1 aliphatic carbocycles. The molecule has 1 aromatic carbocycles. The molecule has 0 aliphatic heterocycles. The SMILES string of the molecule is CCNC(=O)c1ccc([N+](=O)[O-])c(NCC(O)C2CC2)c1. The molecule has 0 heterocycles. The van der Waals surface area contributed by atoms with Crippen LogP contribution in [0.4, 0.5) is 11.4 Å². The molecule has 0 radical (unpaired) electrons. The molecule has 21 heavy (non-hydrogen) atoms. The van der Waals surface area contributed by atoms with E-state index in [0.717, 1.165) is 12.8 Å². The number of carbonyl (C=O) groups is 1. The normalized spacial score (nSPS) is 15.3. The van der Waals surface area contributed by atoms with Crippen molar-refractivity contribution in [2.45, 2.75) is 25.9 Å². The van der Waals surface area contributed by atoms with Crippen LogP contribution in [0.25, 0.3) is 0 Å². The molecule has 7 nitrogen and oxygen atoms in total. The molecule has 114 valence electrons. The molecular formula is C14H19N3O4. The Kier molecular flexibility index (Phi) is 4.74. The van der Waals surface area contributed by atoms with Crippen molar-refractivity contribution in [2.75, 3.05) is 18.4 Å². The van der Waals surface area contributed by atoms with Crippen LogP contribution in [0.15, 0.2) is 18.2 Å². The third-order valence-electron chi connectivity index (χ3n) is 3.46. The summed E-state index contributed by atoms with van der Waals surface area (Å²) >= 11 is 0. The monoisotopic (exact) mass is 293 g/mol. The van der Waals surface area contributed by atoms with Crippen molar-refractivity contribution in [2.24, 2.45) is 5.92 Å². The van der Waals surface area contributed by atoms with E-state index in [1.165, 1.54) is 18.2 Å². The van der Waals surface area contributed by atoms with Crippen molar-refractivity contribution < 1.29 is 14.8 Å². The number of hydrogen-bond acceptors (Lipinski definition) is 5. The lowest BCUT2D eigenvalue weighted by atomic mass is 10.1. The molecule has 7 heteroatoms. The predicted octanol–water partition coefficient (Wildman–Crippen LogP) is 1.53. The van der Waals surface area contributed by atoms with Gasteiger partial charge in [0.1, 0.15) is 5.69 Å². The van der Waals surface area contributed by atoms with Gasteiger partial charge >= 0.3 is 0 Å². The zero-order valence-corrected chi connectivity index (χ0v) is 11.8. The molecule has 2 rings (SSSR count). The first-order valence-electron chi connectivity index (χ1n) is 7.01. The number of carbonyl (C=O) groups excluding carboxylic acids is 1. The fraction of sp³-hybridized carbons (Fsp3) is 0.500. The summed E-state index contributed by atoms with van der Waals surface area (Å²) in [5.74, 6) is 0.00122. The maximum Gasteiger partial charge on any atom is 0.292 e. The van der Waals surface area contributed by atoms with Crippen LogP contribution in [0.3, 0.4) is 0 Å². The van der Waals surface area contributed by atoms with Gasteiger partial charge in [-0.3, -0.25) is 14.9 Å². The quantitative estimate of drug-likeness (QED) is 0.522. The summed E-state index contributed by atoms with van der Waals surface area (Å²) in [7, 11) is 0. The summed E-state index contributed by atoms with van der Waals surface area (Å²) < 4.78 is 0. The molecule has 0 bridgehead atoms. The van der Waals surface area contributed by atoms with E-state index in [2.05, 4.69) is 10.6 Å². The fourth-order valence-electron chi connectivity index (χ4n) is 2.10. The highest BCUT2D eigenvalue weighted by atomic mass is 16.6. The highest BCUT2D eigenvalue weighted by molar-refractivity contribution is 5.95. The number of nitro groups is 1. The molecule has 1 aromatic rings. The Morgan fingerprint density at radius 1 is 1.52 bits per heavy atom. The number of amides is 1. The van der Waals surface area contributed by atoms with Crippen LogP contribution in [-0.2, 0) is 0 Å². The minimum absolute atomic E-state index is 0.106. The van der Waals surface area contributed by atoms with Gasteiger partial charge in [-0.1, -0.05) is 0 Å². The van der Waals surface area contributed by atoms with Crippen LogP contribution in [-0.4, -0.2) is 35.1 Å². The zero-order valence-electron chi connectivity index (χ0n) is 11.8. The second-order valence-electron chi connectivity index (χ2n) is 5.13. The third-order valence-corrected chi connectivity index (χ3v) is 3.46. The van der Waals surface area contributed by atoms with Gasteiger partial charge in [0.15, 0.2) is 0 Å². The second kappa shape index (κ2) is 6.53. The standard InChI is InChI=1S/C14H19N3O4/c1-2-15-14(19)10-5-6-12(17(20)21)11(7-10)16-8-13(18)9-3-4-9/h5-7,9,13,16,18H,2-4,8H2,1H3,(H,15,19). The Balaban J connectivity index is 2.15. The molecule has 3 N–H and O–H groups in total. The van der Waals surface area contributed by atoms with E-state index in [9.17, 15) is 20.0 Å². The lowest BCUT2D eigenvalue weighted by Gasteiger charge is -2.13. The molecule has 1 aliphatic rings.